The fraction of sp³-hybridized carbons (Fsp3) is 0.375. The molecule has 0 aliphatic rings. The fourth-order valence-corrected chi connectivity index (χ4v) is 6.00. The SMILES string of the molecule is CCCCNC(=O)C(CC)N(Cc1cccc(OC)c1)C(=O)CN(c1ccccc1OC)S(=O)(=O)c1ccc(C)cc1. The summed E-state index contributed by atoms with van der Waals surface area (Å²) < 4.78 is 40.0. The molecule has 10 heteroatoms. The van der Waals surface area contributed by atoms with Gasteiger partial charge in [-0.1, -0.05) is 62.2 Å². The van der Waals surface area contributed by atoms with Crippen LogP contribution in [0.1, 0.15) is 44.2 Å². The van der Waals surface area contributed by atoms with E-state index in [9.17, 15) is 18.0 Å². The van der Waals surface area contributed by atoms with Crippen molar-refractivity contribution >= 4 is 27.5 Å². The Balaban J connectivity index is 2.08. The molecule has 0 saturated carbocycles. The zero-order chi connectivity index (χ0) is 30.7. The number of carbonyl (C=O) groups is 2. The Morgan fingerprint density at radius 1 is 0.929 bits per heavy atom. The molecular formula is C32H41N3O6S. The largest absolute Gasteiger partial charge is 0.497 e. The summed E-state index contributed by atoms with van der Waals surface area (Å²) in [5.41, 5.74) is 1.86. The Morgan fingerprint density at radius 3 is 2.29 bits per heavy atom. The first-order valence-electron chi connectivity index (χ1n) is 14.1. The van der Waals surface area contributed by atoms with Crippen LogP contribution in [0, 0.1) is 6.92 Å². The summed E-state index contributed by atoms with van der Waals surface area (Å²) in [6.07, 6.45) is 2.06. The van der Waals surface area contributed by atoms with Gasteiger partial charge in [-0.3, -0.25) is 13.9 Å². The number of unbranched alkanes of at least 4 members (excludes halogenated alkanes) is 1. The van der Waals surface area contributed by atoms with E-state index in [1.165, 1.54) is 24.1 Å². The quantitative estimate of drug-likeness (QED) is 0.250. The molecule has 9 nitrogen and oxygen atoms in total. The van der Waals surface area contributed by atoms with Gasteiger partial charge in [0.1, 0.15) is 24.1 Å². The van der Waals surface area contributed by atoms with Crippen molar-refractivity contribution in [3.63, 3.8) is 0 Å². The number of hydrogen-bond donors (Lipinski definition) is 1. The highest BCUT2D eigenvalue weighted by atomic mass is 32.2. The number of amides is 2. The average Bonchev–Trinajstić information content (AvgIpc) is 3.00. The highest BCUT2D eigenvalue weighted by Gasteiger charge is 2.34. The Bertz CT molecular complexity index is 1440. The van der Waals surface area contributed by atoms with Gasteiger partial charge in [0.15, 0.2) is 0 Å². The maximum Gasteiger partial charge on any atom is 0.264 e. The predicted molar refractivity (Wildman–Crippen MR) is 164 cm³/mol. The van der Waals surface area contributed by atoms with E-state index in [0.717, 1.165) is 28.3 Å². The molecule has 0 aliphatic carbocycles. The molecule has 1 unspecified atom stereocenters. The van der Waals surface area contributed by atoms with E-state index in [-0.39, 0.29) is 23.0 Å². The van der Waals surface area contributed by atoms with Crippen LogP contribution in [0.4, 0.5) is 5.69 Å². The van der Waals surface area contributed by atoms with E-state index >= 15 is 0 Å². The number of ether oxygens (including phenoxy) is 2. The predicted octanol–water partition coefficient (Wildman–Crippen LogP) is 4.93. The number of rotatable bonds is 15. The highest BCUT2D eigenvalue weighted by molar-refractivity contribution is 7.92. The summed E-state index contributed by atoms with van der Waals surface area (Å²) in [4.78, 5) is 29.0. The summed E-state index contributed by atoms with van der Waals surface area (Å²) in [5, 5.41) is 2.93. The summed E-state index contributed by atoms with van der Waals surface area (Å²) >= 11 is 0. The maximum absolute atomic E-state index is 14.2. The summed E-state index contributed by atoms with van der Waals surface area (Å²) in [6.45, 7) is 5.76. The van der Waals surface area contributed by atoms with Crippen LogP contribution >= 0.6 is 0 Å². The summed E-state index contributed by atoms with van der Waals surface area (Å²) in [5.74, 6) is 0.0898. The van der Waals surface area contributed by atoms with Crippen LogP contribution in [0.15, 0.2) is 77.7 Å². The summed E-state index contributed by atoms with van der Waals surface area (Å²) in [7, 11) is -1.20. The smallest absolute Gasteiger partial charge is 0.264 e. The third kappa shape index (κ3) is 8.03. The molecule has 0 spiro atoms. The van der Waals surface area contributed by atoms with E-state index in [1.807, 2.05) is 32.9 Å². The van der Waals surface area contributed by atoms with E-state index in [2.05, 4.69) is 5.32 Å². The third-order valence-corrected chi connectivity index (χ3v) is 8.72. The van der Waals surface area contributed by atoms with Gasteiger partial charge in [0.25, 0.3) is 10.0 Å². The van der Waals surface area contributed by atoms with Crippen molar-refractivity contribution in [2.24, 2.45) is 0 Å². The molecule has 1 N–H and O–H groups in total. The molecule has 3 aromatic rings. The molecule has 0 aromatic heterocycles. The number of nitrogens with zero attached hydrogens (tertiary/aromatic N) is 2. The molecule has 3 aromatic carbocycles. The summed E-state index contributed by atoms with van der Waals surface area (Å²) in [6, 6.07) is 19.5. The van der Waals surface area contributed by atoms with Crippen molar-refractivity contribution in [1.82, 2.24) is 10.2 Å². The minimum atomic E-state index is -4.20. The van der Waals surface area contributed by atoms with Gasteiger partial charge in [0, 0.05) is 13.1 Å². The van der Waals surface area contributed by atoms with Crippen LogP contribution in [-0.4, -0.2) is 58.5 Å². The van der Waals surface area contributed by atoms with Crippen molar-refractivity contribution in [2.75, 3.05) is 31.6 Å². The minimum Gasteiger partial charge on any atom is -0.497 e. The number of benzene rings is 3. The molecule has 1 atom stereocenters. The number of hydrogen-bond acceptors (Lipinski definition) is 6. The zero-order valence-corrected chi connectivity index (χ0v) is 25.8. The number of nitrogens with one attached hydrogen (secondary N) is 1. The Hall–Kier alpha value is -4.05. The Morgan fingerprint density at radius 2 is 1.64 bits per heavy atom. The number of anilines is 1. The molecule has 2 amide bonds. The first-order chi connectivity index (χ1) is 20.2. The van der Waals surface area contributed by atoms with Crippen LogP contribution in [0.5, 0.6) is 11.5 Å². The van der Waals surface area contributed by atoms with E-state index < -0.39 is 28.5 Å². The lowest BCUT2D eigenvalue weighted by atomic mass is 10.1. The second kappa shape index (κ2) is 15.3. The van der Waals surface area contributed by atoms with Gasteiger partial charge in [-0.2, -0.15) is 0 Å². The Kier molecular flexibility index (Phi) is 11.8. The number of methoxy groups -OCH3 is 2. The molecule has 226 valence electrons. The molecule has 0 aliphatic heterocycles. The topological polar surface area (TPSA) is 105 Å². The number of sulfonamides is 1. The second-order valence-corrected chi connectivity index (χ2v) is 11.8. The van der Waals surface area contributed by atoms with Crippen molar-refractivity contribution in [3.8, 4) is 11.5 Å². The average molecular weight is 596 g/mol. The lowest BCUT2D eigenvalue weighted by molar-refractivity contribution is -0.140. The van der Waals surface area contributed by atoms with Crippen LogP contribution in [0.2, 0.25) is 0 Å². The monoisotopic (exact) mass is 595 g/mol. The number of aryl methyl sites for hydroxylation is 1. The van der Waals surface area contributed by atoms with Gasteiger partial charge in [-0.15, -0.1) is 0 Å². The van der Waals surface area contributed by atoms with Crippen molar-refractivity contribution < 1.29 is 27.5 Å². The van der Waals surface area contributed by atoms with Crippen LogP contribution in [0.3, 0.4) is 0 Å². The number of carbonyl (C=O) groups excluding carboxylic acids is 2. The lowest BCUT2D eigenvalue weighted by Gasteiger charge is -2.33. The fourth-order valence-electron chi connectivity index (χ4n) is 4.58. The third-order valence-electron chi connectivity index (χ3n) is 6.94. The first kappa shape index (κ1) is 32.5. The highest BCUT2D eigenvalue weighted by Crippen LogP contribution is 2.32. The standard InChI is InChI=1S/C32H41N3O6S/c1-6-8-20-33-32(37)28(7-2)34(22-25-12-11-13-26(21-25)40-4)31(36)23-35(29-14-9-10-15-30(29)41-5)42(38,39)27-18-16-24(3)17-19-27/h9-19,21,28H,6-8,20,22-23H2,1-5H3,(H,33,37). The molecule has 0 fully saturated rings. The zero-order valence-electron chi connectivity index (χ0n) is 25.0. The van der Waals surface area contributed by atoms with Gasteiger partial charge in [-0.25, -0.2) is 8.42 Å². The second-order valence-electron chi connectivity index (χ2n) is 9.94. The van der Waals surface area contributed by atoms with Gasteiger partial charge in [-0.05, 0) is 61.7 Å². The van der Waals surface area contributed by atoms with Crippen molar-refractivity contribution in [2.45, 2.75) is 57.5 Å². The number of para-hydroxylation sites is 2. The first-order valence-corrected chi connectivity index (χ1v) is 15.5. The van der Waals surface area contributed by atoms with Crippen molar-refractivity contribution in [3.05, 3.63) is 83.9 Å². The van der Waals surface area contributed by atoms with Crippen LogP contribution in [-0.2, 0) is 26.2 Å². The van der Waals surface area contributed by atoms with Crippen LogP contribution < -0.4 is 19.1 Å². The van der Waals surface area contributed by atoms with E-state index in [0.29, 0.717) is 24.5 Å². The molecule has 0 radical (unpaired) electrons. The van der Waals surface area contributed by atoms with Crippen LogP contribution in [0.25, 0.3) is 0 Å². The van der Waals surface area contributed by atoms with Gasteiger partial charge < -0.3 is 19.7 Å². The van der Waals surface area contributed by atoms with Gasteiger partial charge >= 0.3 is 0 Å². The Labute approximate surface area is 249 Å². The molecule has 0 heterocycles. The molecule has 3 rings (SSSR count). The van der Waals surface area contributed by atoms with E-state index in [1.54, 1.807) is 55.6 Å². The molecule has 42 heavy (non-hydrogen) atoms. The van der Waals surface area contributed by atoms with Gasteiger partial charge in [0.05, 0.1) is 24.8 Å². The minimum absolute atomic E-state index is 0.0375. The normalized spacial score (nSPS) is 11.8. The molecule has 0 bridgehead atoms. The van der Waals surface area contributed by atoms with Gasteiger partial charge in [0.2, 0.25) is 11.8 Å². The maximum atomic E-state index is 14.2. The van der Waals surface area contributed by atoms with E-state index in [4.69, 9.17) is 9.47 Å². The molecular weight excluding hydrogens is 554 g/mol. The van der Waals surface area contributed by atoms with Crippen molar-refractivity contribution in [1.29, 1.82) is 0 Å². The lowest BCUT2D eigenvalue weighted by Crippen LogP contribution is -2.52. The molecule has 0 saturated heterocycles.